The lowest BCUT2D eigenvalue weighted by Crippen LogP contribution is -2.21. The van der Waals surface area contributed by atoms with Crippen LogP contribution in [-0.4, -0.2) is 31.7 Å². The van der Waals surface area contributed by atoms with Crippen LogP contribution in [0.2, 0.25) is 0 Å². The van der Waals surface area contributed by atoms with Crippen LogP contribution in [0.5, 0.6) is 11.5 Å². The van der Waals surface area contributed by atoms with Crippen molar-refractivity contribution < 1.29 is 23.8 Å². The minimum Gasteiger partial charge on any atom is -0.486 e. The van der Waals surface area contributed by atoms with Crippen LogP contribution in [0, 0.1) is 0 Å². The Balaban J connectivity index is 1.97. The van der Waals surface area contributed by atoms with Gasteiger partial charge in [0.15, 0.2) is 18.1 Å². The van der Waals surface area contributed by atoms with Crippen LogP contribution >= 0.6 is 15.9 Å². The number of hydrogen-bond acceptors (Lipinski definition) is 5. The zero-order valence-electron chi connectivity index (χ0n) is 12.3. The number of rotatable bonds is 4. The third-order valence-electron chi connectivity index (χ3n) is 2.66. The molecule has 6 nitrogen and oxygen atoms in total. The van der Waals surface area contributed by atoms with Gasteiger partial charge in [-0.15, -0.1) is 0 Å². The van der Waals surface area contributed by atoms with Crippen molar-refractivity contribution in [3.63, 3.8) is 0 Å². The predicted octanol–water partition coefficient (Wildman–Crippen LogP) is 2.67. The number of allylic oxidation sites excluding steroid dienone is 1. The van der Waals surface area contributed by atoms with Gasteiger partial charge in [-0.1, -0.05) is 5.57 Å². The number of fused-ring (bicyclic) bond motifs is 1. The largest absolute Gasteiger partial charge is 0.486 e. The maximum Gasteiger partial charge on any atom is 0.331 e. The number of esters is 1. The summed E-state index contributed by atoms with van der Waals surface area (Å²) in [6.45, 7) is 4.14. The summed E-state index contributed by atoms with van der Waals surface area (Å²) in [5.74, 6) is 0.196. The smallest absolute Gasteiger partial charge is 0.331 e. The first-order valence-electron chi connectivity index (χ1n) is 6.66. The van der Waals surface area contributed by atoms with Crippen molar-refractivity contribution in [2.75, 3.05) is 25.1 Å². The number of carbonyl (C=O) groups is 2. The molecule has 22 heavy (non-hydrogen) atoms. The molecule has 2 rings (SSSR count). The number of anilines is 1. The van der Waals surface area contributed by atoms with E-state index in [4.69, 9.17) is 14.2 Å². The predicted molar refractivity (Wildman–Crippen MR) is 84.2 cm³/mol. The first kappa shape index (κ1) is 16.4. The minimum absolute atomic E-state index is 0.358. The van der Waals surface area contributed by atoms with Crippen molar-refractivity contribution in [2.45, 2.75) is 13.8 Å². The summed E-state index contributed by atoms with van der Waals surface area (Å²) in [4.78, 5) is 23.2. The van der Waals surface area contributed by atoms with Crippen molar-refractivity contribution in [2.24, 2.45) is 0 Å². The monoisotopic (exact) mass is 369 g/mol. The zero-order valence-corrected chi connectivity index (χ0v) is 13.9. The fraction of sp³-hybridized carbons (Fsp3) is 0.333. The van der Waals surface area contributed by atoms with Gasteiger partial charge in [0.25, 0.3) is 5.91 Å². The van der Waals surface area contributed by atoms with Crippen LogP contribution in [0.3, 0.4) is 0 Å². The van der Waals surface area contributed by atoms with E-state index in [0.717, 1.165) is 5.57 Å². The van der Waals surface area contributed by atoms with E-state index in [-0.39, 0.29) is 6.61 Å². The summed E-state index contributed by atoms with van der Waals surface area (Å²) in [5, 5.41) is 2.65. The van der Waals surface area contributed by atoms with E-state index in [2.05, 4.69) is 21.2 Å². The maximum atomic E-state index is 11.8. The van der Waals surface area contributed by atoms with Crippen molar-refractivity contribution in [1.82, 2.24) is 0 Å². The molecule has 0 bridgehead atoms. The van der Waals surface area contributed by atoms with Crippen molar-refractivity contribution in [3.8, 4) is 11.5 Å². The Morgan fingerprint density at radius 3 is 2.55 bits per heavy atom. The standard InChI is InChI=1S/C15H16BrNO5/c1-9(2)5-15(19)22-8-14(18)17-11-7-13-12(6-10(11)16)20-3-4-21-13/h5-7H,3-4,8H2,1-2H3,(H,17,18). The molecule has 0 spiro atoms. The van der Waals surface area contributed by atoms with Crippen molar-refractivity contribution in [3.05, 3.63) is 28.3 Å². The number of hydrogen-bond donors (Lipinski definition) is 1. The summed E-state index contributed by atoms with van der Waals surface area (Å²) in [6, 6.07) is 3.38. The first-order chi connectivity index (χ1) is 10.5. The average Bonchev–Trinajstić information content (AvgIpc) is 2.45. The average molecular weight is 370 g/mol. The molecule has 0 fully saturated rings. The molecule has 1 aromatic carbocycles. The van der Waals surface area contributed by atoms with Crippen LogP contribution in [0.4, 0.5) is 5.69 Å². The molecule has 1 aromatic rings. The Hall–Kier alpha value is -2.02. The third kappa shape index (κ3) is 4.49. The molecule has 0 atom stereocenters. The number of ether oxygens (including phenoxy) is 3. The Kier molecular flexibility index (Phi) is 5.43. The lowest BCUT2D eigenvalue weighted by atomic mass is 10.2. The Bertz CT molecular complexity index is 623. The van der Waals surface area contributed by atoms with Gasteiger partial charge in [-0.25, -0.2) is 4.79 Å². The van der Waals surface area contributed by atoms with Gasteiger partial charge in [0, 0.05) is 22.7 Å². The molecular weight excluding hydrogens is 354 g/mol. The normalized spacial score (nSPS) is 12.3. The van der Waals surface area contributed by atoms with Crippen LogP contribution < -0.4 is 14.8 Å². The van der Waals surface area contributed by atoms with Crippen LogP contribution in [0.1, 0.15) is 13.8 Å². The minimum atomic E-state index is -0.545. The molecule has 0 unspecified atom stereocenters. The van der Waals surface area contributed by atoms with E-state index in [9.17, 15) is 9.59 Å². The number of halogens is 1. The molecule has 0 aliphatic carbocycles. The molecular formula is C15H16BrNO5. The molecule has 118 valence electrons. The van der Waals surface area contributed by atoms with Gasteiger partial charge < -0.3 is 19.5 Å². The van der Waals surface area contributed by atoms with E-state index in [1.54, 1.807) is 26.0 Å². The maximum absolute atomic E-state index is 11.8. The van der Waals surface area contributed by atoms with Crippen molar-refractivity contribution in [1.29, 1.82) is 0 Å². The Morgan fingerprint density at radius 1 is 1.27 bits per heavy atom. The summed E-state index contributed by atoms with van der Waals surface area (Å²) < 4.78 is 16.4. The molecule has 1 heterocycles. The molecule has 1 amide bonds. The van der Waals surface area contributed by atoms with E-state index in [0.29, 0.717) is 34.9 Å². The van der Waals surface area contributed by atoms with Crippen LogP contribution in [0.25, 0.3) is 0 Å². The number of nitrogens with one attached hydrogen (secondary N) is 1. The zero-order chi connectivity index (χ0) is 16.1. The fourth-order valence-corrected chi connectivity index (χ4v) is 2.18. The van der Waals surface area contributed by atoms with Gasteiger partial charge in [-0.3, -0.25) is 4.79 Å². The summed E-state index contributed by atoms with van der Waals surface area (Å²) in [7, 11) is 0. The summed E-state index contributed by atoms with van der Waals surface area (Å²) >= 11 is 3.35. The molecule has 1 N–H and O–H groups in total. The second kappa shape index (κ2) is 7.31. The number of benzene rings is 1. The van der Waals surface area contributed by atoms with Crippen LogP contribution in [-0.2, 0) is 14.3 Å². The highest BCUT2D eigenvalue weighted by Crippen LogP contribution is 2.38. The fourth-order valence-electron chi connectivity index (χ4n) is 1.76. The topological polar surface area (TPSA) is 73.9 Å². The molecule has 1 aliphatic heterocycles. The van der Waals surface area contributed by atoms with E-state index < -0.39 is 11.9 Å². The first-order valence-corrected chi connectivity index (χ1v) is 7.45. The van der Waals surface area contributed by atoms with Crippen molar-refractivity contribution >= 4 is 33.5 Å². The highest BCUT2D eigenvalue weighted by Gasteiger charge is 2.16. The third-order valence-corrected chi connectivity index (χ3v) is 3.31. The second-order valence-corrected chi connectivity index (χ2v) is 5.71. The quantitative estimate of drug-likeness (QED) is 0.652. The number of amides is 1. The summed E-state index contributed by atoms with van der Waals surface area (Å²) in [6.07, 6.45) is 1.33. The van der Waals surface area contributed by atoms with Crippen LogP contribution in [0.15, 0.2) is 28.3 Å². The lowest BCUT2D eigenvalue weighted by Gasteiger charge is -2.20. The Morgan fingerprint density at radius 2 is 1.91 bits per heavy atom. The Labute approximate surface area is 136 Å². The molecule has 0 aromatic heterocycles. The van der Waals surface area contributed by atoms with Gasteiger partial charge in [-0.2, -0.15) is 0 Å². The van der Waals surface area contributed by atoms with E-state index >= 15 is 0 Å². The van der Waals surface area contributed by atoms with Gasteiger partial charge in [-0.05, 0) is 29.8 Å². The van der Waals surface area contributed by atoms with E-state index in [1.165, 1.54) is 6.08 Å². The SMILES string of the molecule is CC(C)=CC(=O)OCC(=O)Nc1cc2c(cc1Br)OCCO2. The van der Waals surface area contributed by atoms with Gasteiger partial charge in [0.05, 0.1) is 5.69 Å². The number of carbonyl (C=O) groups excluding carboxylic acids is 2. The molecule has 1 aliphatic rings. The molecule has 0 saturated heterocycles. The van der Waals surface area contributed by atoms with Gasteiger partial charge in [0.1, 0.15) is 13.2 Å². The second-order valence-electron chi connectivity index (χ2n) is 4.85. The molecule has 7 heteroatoms. The highest BCUT2D eigenvalue weighted by molar-refractivity contribution is 9.10. The highest BCUT2D eigenvalue weighted by atomic mass is 79.9. The van der Waals surface area contributed by atoms with Gasteiger partial charge >= 0.3 is 5.97 Å². The van der Waals surface area contributed by atoms with Gasteiger partial charge in [0.2, 0.25) is 0 Å². The lowest BCUT2D eigenvalue weighted by molar-refractivity contribution is -0.142. The molecule has 0 saturated carbocycles. The van der Waals surface area contributed by atoms with E-state index in [1.807, 2.05) is 0 Å². The summed E-state index contributed by atoms with van der Waals surface area (Å²) in [5.41, 5.74) is 1.33. The molecule has 0 radical (unpaired) electrons.